The van der Waals surface area contributed by atoms with Crippen molar-refractivity contribution < 1.29 is 33.4 Å². The quantitative estimate of drug-likeness (QED) is 0.407. The first-order chi connectivity index (χ1) is 28.7. The summed E-state index contributed by atoms with van der Waals surface area (Å²) in [6.45, 7) is 10.6. The fourth-order valence-electron chi connectivity index (χ4n) is 8.91. The van der Waals surface area contributed by atoms with E-state index < -0.39 is 0 Å². The van der Waals surface area contributed by atoms with Crippen molar-refractivity contribution in [2.75, 3.05) is 98.9 Å². The van der Waals surface area contributed by atoms with Crippen molar-refractivity contribution in [2.45, 2.75) is 55.3 Å². The van der Waals surface area contributed by atoms with Crippen molar-refractivity contribution in [3.63, 3.8) is 0 Å². The molecule has 6 fully saturated rings. The molecule has 3 spiro atoms. The van der Waals surface area contributed by atoms with Crippen molar-refractivity contribution in [3.8, 4) is 0 Å². The second-order valence-corrected chi connectivity index (χ2v) is 16.7. The van der Waals surface area contributed by atoms with Crippen LogP contribution in [-0.4, -0.2) is 159 Å². The Labute approximate surface area is 348 Å². The summed E-state index contributed by atoms with van der Waals surface area (Å²) in [5.74, 6) is 0.294. The summed E-state index contributed by atoms with van der Waals surface area (Å²) in [7, 11) is 2.14. The SMILES string of the molecule is CN1CCOC2(CCN(C(=O)c3ccccc3)CC2)C1.O=C(c1ccccc1)N1CCC2(CC1)CNCCO2.O=C1COC2(CCN(C(=O)c3ccccc3)CC2)CN1. The fourth-order valence-corrected chi connectivity index (χ4v) is 8.91. The molecule has 2 N–H and O–H groups in total. The number of rotatable bonds is 3. The maximum Gasteiger partial charge on any atom is 0.253 e. The molecule has 0 saturated carbocycles. The Morgan fingerprint density at radius 2 is 0.932 bits per heavy atom. The second-order valence-electron chi connectivity index (χ2n) is 16.7. The van der Waals surface area contributed by atoms with E-state index in [4.69, 9.17) is 14.2 Å². The third-order valence-electron chi connectivity index (χ3n) is 12.6. The summed E-state index contributed by atoms with van der Waals surface area (Å²) in [6, 6.07) is 28.4. The Morgan fingerprint density at radius 3 is 1.31 bits per heavy atom. The minimum atomic E-state index is -0.276. The highest BCUT2D eigenvalue weighted by atomic mass is 16.5. The van der Waals surface area contributed by atoms with Gasteiger partial charge in [-0.2, -0.15) is 0 Å². The van der Waals surface area contributed by atoms with E-state index in [2.05, 4.69) is 22.6 Å². The molecule has 0 unspecified atom stereocenters. The Hall–Kier alpha value is -4.66. The molecule has 59 heavy (non-hydrogen) atoms. The highest BCUT2D eigenvalue weighted by molar-refractivity contribution is 5.95. The number of likely N-dealkylation sites (N-methyl/N-ethyl adjacent to an activating group) is 1. The van der Waals surface area contributed by atoms with E-state index >= 15 is 0 Å². The standard InChI is InChI=1S/C16H22N2O2.C15H18N2O3.C15H20N2O2/c1-17-11-12-20-16(13-17)7-9-18(10-8-16)15(19)14-5-3-2-4-6-14;18-13-10-20-15(11-16-13)6-8-17(9-7-15)14(19)12-4-2-1-3-5-12;18-14(13-4-2-1-3-5-13)17-9-6-15(7-10-17)12-16-8-11-19-15/h2-6H,7-13H2,1H3;1-5H,6-11H2,(H,16,18);1-5,16H,6-12H2. The zero-order valence-electron chi connectivity index (χ0n) is 34.4. The minimum absolute atomic E-state index is 0.0273. The summed E-state index contributed by atoms with van der Waals surface area (Å²) >= 11 is 0. The summed E-state index contributed by atoms with van der Waals surface area (Å²) in [4.78, 5) is 56.3. The predicted molar refractivity (Wildman–Crippen MR) is 224 cm³/mol. The summed E-state index contributed by atoms with van der Waals surface area (Å²) < 4.78 is 17.7. The number of nitrogens with zero attached hydrogens (tertiary/aromatic N) is 4. The van der Waals surface area contributed by atoms with Crippen LogP contribution >= 0.6 is 0 Å². The first-order valence-electron chi connectivity index (χ1n) is 21.3. The fraction of sp³-hybridized carbons (Fsp3) is 0.522. The summed E-state index contributed by atoms with van der Waals surface area (Å²) in [5, 5.41) is 6.24. The van der Waals surface area contributed by atoms with Crippen LogP contribution in [0.5, 0.6) is 0 Å². The van der Waals surface area contributed by atoms with Crippen molar-refractivity contribution in [3.05, 3.63) is 108 Å². The molecule has 316 valence electrons. The van der Waals surface area contributed by atoms with Crippen LogP contribution in [-0.2, 0) is 19.0 Å². The number of benzene rings is 3. The van der Waals surface area contributed by atoms with E-state index in [1.165, 1.54) is 0 Å². The van der Waals surface area contributed by atoms with Gasteiger partial charge in [0.25, 0.3) is 17.7 Å². The molecule has 6 aliphatic heterocycles. The van der Waals surface area contributed by atoms with Crippen molar-refractivity contribution >= 4 is 23.6 Å². The molecule has 0 radical (unpaired) electrons. The number of likely N-dealkylation sites (tertiary alicyclic amines) is 3. The number of hydrogen-bond acceptors (Lipinski definition) is 9. The molecule has 0 atom stereocenters. The average molecular weight is 809 g/mol. The van der Waals surface area contributed by atoms with E-state index in [1.807, 2.05) is 106 Å². The largest absolute Gasteiger partial charge is 0.372 e. The van der Waals surface area contributed by atoms with E-state index in [-0.39, 0.29) is 47.0 Å². The molecule has 9 rings (SSSR count). The number of ether oxygens (including phenoxy) is 3. The predicted octanol–water partition coefficient (Wildman–Crippen LogP) is 3.71. The molecule has 13 heteroatoms. The van der Waals surface area contributed by atoms with Gasteiger partial charge >= 0.3 is 0 Å². The topological polar surface area (TPSA) is 133 Å². The maximum atomic E-state index is 12.4. The number of carbonyl (C=O) groups is 4. The second kappa shape index (κ2) is 19.6. The zero-order chi connectivity index (χ0) is 41.1. The molecule has 6 aliphatic rings. The van der Waals surface area contributed by atoms with Crippen LogP contribution in [0.1, 0.15) is 69.6 Å². The van der Waals surface area contributed by atoms with E-state index in [1.54, 1.807) is 0 Å². The van der Waals surface area contributed by atoms with Gasteiger partial charge in [0.1, 0.15) is 6.61 Å². The number of hydrogen-bond donors (Lipinski definition) is 2. The number of nitrogens with one attached hydrogen (secondary N) is 2. The van der Waals surface area contributed by atoms with Gasteiger partial charge in [-0.25, -0.2) is 0 Å². The first kappa shape index (κ1) is 42.5. The lowest BCUT2D eigenvalue weighted by Crippen LogP contribution is -2.58. The van der Waals surface area contributed by atoms with Crippen molar-refractivity contribution in [1.29, 1.82) is 0 Å². The molecule has 3 aromatic carbocycles. The molecule has 6 heterocycles. The number of morpholine rings is 3. The first-order valence-corrected chi connectivity index (χ1v) is 21.3. The van der Waals surface area contributed by atoms with Gasteiger partial charge < -0.3 is 44.4 Å². The van der Waals surface area contributed by atoms with Gasteiger partial charge in [-0.15, -0.1) is 0 Å². The lowest BCUT2D eigenvalue weighted by molar-refractivity contribution is -0.149. The van der Waals surface area contributed by atoms with Gasteiger partial charge in [0.2, 0.25) is 5.91 Å². The van der Waals surface area contributed by atoms with Gasteiger partial charge in [0.05, 0.1) is 30.0 Å². The highest BCUT2D eigenvalue weighted by Gasteiger charge is 2.42. The number of carbonyl (C=O) groups excluding carboxylic acids is 4. The average Bonchev–Trinajstić information content (AvgIpc) is 3.29. The number of piperidine rings is 3. The van der Waals surface area contributed by atoms with Crippen LogP contribution in [0.25, 0.3) is 0 Å². The lowest BCUT2D eigenvalue weighted by Gasteiger charge is -2.46. The van der Waals surface area contributed by atoms with Crippen LogP contribution in [0.3, 0.4) is 0 Å². The molecular weight excluding hydrogens is 749 g/mol. The van der Waals surface area contributed by atoms with Crippen LogP contribution in [0, 0.1) is 0 Å². The molecule has 0 aromatic heterocycles. The molecule has 0 aliphatic carbocycles. The van der Waals surface area contributed by atoms with E-state index in [0.29, 0.717) is 19.6 Å². The Balaban J connectivity index is 0.000000134. The van der Waals surface area contributed by atoms with E-state index in [0.717, 1.165) is 121 Å². The van der Waals surface area contributed by atoms with Gasteiger partial charge in [0, 0.05) is 88.7 Å². The molecule has 6 saturated heterocycles. The summed E-state index contributed by atoms with van der Waals surface area (Å²) in [6.07, 6.45) is 5.28. The van der Waals surface area contributed by atoms with Crippen LogP contribution in [0.15, 0.2) is 91.0 Å². The number of amides is 4. The van der Waals surface area contributed by atoms with Crippen LogP contribution in [0.2, 0.25) is 0 Å². The third kappa shape index (κ3) is 10.9. The zero-order valence-corrected chi connectivity index (χ0v) is 34.4. The van der Waals surface area contributed by atoms with Gasteiger partial charge in [-0.05, 0) is 82.0 Å². The molecule has 4 amide bonds. The Kier molecular flexibility index (Phi) is 14.1. The van der Waals surface area contributed by atoms with Crippen LogP contribution in [0.4, 0.5) is 0 Å². The molecule has 13 nitrogen and oxygen atoms in total. The van der Waals surface area contributed by atoms with Gasteiger partial charge in [0.15, 0.2) is 0 Å². The van der Waals surface area contributed by atoms with Crippen molar-refractivity contribution in [1.82, 2.24) is 30.2 Å². The lowest BCUT2D eigenvalue weighted by atomic mass is 9.89. The monoisotopic (exact) mass is 808 g/mol. The Morgan fingerprint density at radius 1 is 0.525 bits per heavy atom. The maximum absolute atomic E-state index is 12.4. The smallest absolute Gasteiger partial charge is 0.253 e. The normalized spacial score (nSPS) is 22.3. The van der Waals surface area contributed by atoms with E-state index in [9.17, 15) is 19.2 Å². The molecule has 0 bridgehead atoms. The highest BCUT2D eigenvalue weighted by Crippen LogP contribution is 2.31. The Bertz CT molecular complexity index is 1820. The molecule has 3 aromatic rings. The van der Waals surface area contributed by atoms with Gasteiger partial charge in [-0.3, -0.25) is 19.2 Å². The minimum Gasteiger partial charge on any atom is -0.372 e. The van der Waals surface area contributed by atoms with Crippen LogP contribution < -0.4 is 10.6 Å². The molecular formula is C46H60N6O7. The third-order valence-corrected chi connectivity index (χ3v) is 12.6. The summed E-state index contributed by atoms with van der Waals surface area (Å²) in [5.41, 5.74) is 1.95. The van der Waals surface area contributed by atoms with Crippen molar-refractivity contribution in [2.24, 2.45) is 0 Å². The van der Waals surface area contributed by atoms with Gasteiger partial charge in [-0.1, -0.05) is 54.6 Å².